The predicted molar refractivity (Wildman–Crippen MR) is 132 cm³/mol. The molecule has 1 aliphatic heterocycles. The number of rotatable bonds is 4. The molecule has 6 heteroatoms. The molecular formula is C28H23N3O3. The quantitative estimate of drug-likeness (QED) is 0.351. The van der Waals surface area contributed by atoms with Crippen molar-refractivity contribution in [1.29, 1.82) is 0 Å². The second-order valence-electron chi connectivity index (χ2n) is 8.47. The Kier molecular flexibility index (Phi) is 5.28. The number of fused-ring (bicyclic) bond motifs is 2. The molecule has 2 heterocycles. The van der Waals surface area contributed by atoms with Crippen LogP contribution in [-0.2, 0) is 4.74 Å². The van der Waals surface area contributed by atoms with Crippen molar-refractivity contribution in [1.82, 2.24) is 15.0 Å². The van der Waals surface area contributed by atoms with E-state index in [1.165, 1.54) is 10.8 Å². The topological polar surface area (TPSA) is 77.4 Å². The summed E-state index contributed by atoms with van der Waals surface area (Å²) in [6.45, 7) is 1.32. The van der Waals surface area contributed by atoms with Crippen LogP contribution in [-0.4, -0.2) is 39.4 Å². The predicted octanol–water partition coefficient (Wildman–Crippen LogP) is 5.78. The number of hydrogen-bond donors (Lipinski definition) is 1. The Balaban J connectivity index is 1.46. The van der Waals surface area contributed by atoms with E-state index in [1.54, 1.807) is 18.2 Å². The van der Waals surface area contributed by atoms with Crippen molar-refractivity contribution in [3.05, 3.63) is 78.9 Å². The van der Waals surface area contributed by atoms with Crippen molar-refractivity contribution in [3.8, 4) is 34.5 Å². The highest BCUT2D eigenvalue weighted by molar-refractivity contribution is 5.99. The maximum atomic E-state index is 10.4. The van der Waals surface area contributed by atoms with Gasteiger partial charge in [-0.05, 0) is 51.9 Å². The number of ether oxygens (including phenoxy) is 2. The number of aromatic hydroxyl groups is 1. The van der Waals surface area contributed by atoms with E-state index in [-0.39, 0.29) is 17.9 Å². The molecule has 34 heavy (non-hydrogen) atoms. The van der Waals surface area contributed by atoms with E-state index >= 15 is 0 Å². The lowest BCUT2D eigenvalue weighted by atomic mass is 10.0. The van der Waals surface area contributed by atoms with Crippen LogP contribution in [0.5, 0.6) is 11.8 Å². The van der Waals surface area contributed by atoms with Crippen LogP contribution in [0, 0.1) is 0 Å². The van der Waals surface area contributed by atoms with Crippen molar-refractivity contribution in [2.24, 2.45) is 0 Å². The summed E-state index contributed by atoms with van der Waals surface area (Å²) in [5.41, 5.74) is 1.40. The fourth-order valence-corrected chi connectivity index (χ4v) is 4.34. The molecule has 1 fully saturated rings. The Labute approximate surface area is 196 Å². The molecule has 0 radical (unpaired) electrons. The molecule has 0 unspecified atom stereocenters. The number of nitrogens with zero attached hydrogens (tertiary/aromatic N) is 3. The van der Waals surface area contributed by atoms with E-state index in [2.05, 4.69) is 46.4 Å². The highest BCUT2D eigenvalue weighted by atomic mass is 16.5. The van der Waals surface area contributed by atoms with Gasteiger partial charge in [-0.3, -0.25) is 0 Å². The van der Waals surface area contributed by atoms with Crippen molar-refractivity contribution in [2.45, 2.75) is 18.9 Å². The van der Waals surface area contributed by atoms with E-state index < -0.39 is 0 Å². The van der Waals surface area contributed by atoms with Gasteiger partial charge in [0, 0.05) is 18.4 Å². The molecule has 168 valence electrons. The molecule has 1 saturated heterocycles. The fourth-order valence-electron chi connectivity index (χ4n) is 4.34. The second kappa shape index (κ2) is 8.72. The maximum Gasteiger partial charge on any atom is 0.320 e. The molecular weight excluding hydrogens is 426 g/mol. The van der Waals surface area contributed by atoms with Gasteiger partial charge in [-0.15, -0.1) is 0 Å². The molecule has 0 atom stereocenters. The third-order valence-electron chi connectivity index (χ3n) is 6.16. The van der Waals surface area contributed by atoms with E-state index in [0.29, 0.717) is 30.4 Å². The van der Waals surface area contributed by atoms with Crippen LogP contribution in [0.25, 0.3) is 44.3 Å². The van der Waals surface area contributed by atoms with Crippen LogP contribution in [0.15, 0.2) is 78.9 Å². The number of phenolic OH excluding ortho intramolecular Hbond substituents is 1. The summed E-state index contributed by atoms with van der Waals surface area (Å²) >= 11 is 0. The normalized spacial score (nSPS) is 14.5. The summed E-state index contributed by atoms with van der Waals surface area (Å²) in [5.74, 6) is 0.996. The zero-order chi connectivity index (χ0) is 22.9. The van der Waals surface area contributed by atoms with E-state index in [1.807, 2.05) is 24.3 Å². The first kappa shape index (κ1) is 20.6. The zero-order valence-electron chi connectivity index (χ0n) is 18.5. The first-order chi connectivity index (χ1) is 16.7. The Bertz CT molecular complexity index is 1500. The Morgan fingerprint density at radius 1 is 0.706 bits per heavy atom. The molecule has 1 N–H and O–H groups in total. The molecule has 5 aromatic rings. The van der Waals surface area contributed by atoms with Crippen LogP contribution in [0.2, 0.25) is 0 Å². The molecule has 0 spiro atoms. The Morgan fingerprint density at radius 3 is 2.18 bits per heavy atom. The summed E-state index contributed by atoms with van der Waals surface area (Å²) in [4.78, 5) is 13.9. The fraction of sp³-hybridized carbons (Fsp3) is 0.179. The smallest absolute Gasteiger partial charge is 0.320 e. The number of benzene rings is 4. The number of aromatic nitrogens is 3. The molecule has 0 bridgehead atoms. The first-order valence-corrected chi connectivity index (χ1v) is 11.4. The summed E-state index contributed by atoms with van der Waals surface area (Å²) in [6.07, 6.45) is 1.57. The minimum atomic E-state index is -0.0100. The van der Waals surface area contributed by atoms with Gasteiger partial charge in [0.2, 0.25) is 0 Å². The van der Waals surface area contributed by atoms with Gasteiger partial charge in [0.1, 0.15) is 11.9 Å². The summed E-state index contributed by atoms with van der Waals surface area (Å²) in [6, 6.07) is 26.2. The summed E-state index contributed by atoms with van der Waals surface area (Å²) < 4.78 is 11.6. The van der Waals surface area contributed by atoms with Crippen LogP contribution in [0.3, 0.4) is 0 Å². The van der Waals surface area contributed by atoms with Gasteiger partial charge in [-0.25, -0.2) is 4.98 Å². The highest BCUT2D eigenvalue weighted by Gasteiger charge is 2.20. The molecule has 0 amide bonds. The summed E-state index contributed by atoms with van der Waals surface area (Å²) in [5, 5.41) is 15.1. The average molecular weight is 450 g/mol. The van der Waals surface area contributed by atoms with Crippen LogP contribution >= 0.6 is 0 Å². The Hall–Kier alpha value is -4.03. The van der Waals surface area contributed by atoms with Gasteiger partial charge in [0.05, 0.1) is 18.8 Å². The van der Waals surface area contributed by atoms with Gasteiger partial charge in [-0.2, -0.15) is 9.97 Å². The molecule has 1 aliphatic rings. The largest absolute Gasteiger partial charge is 0.507 e. The van der Waals surface area contributed by atoms with Crippen molar-refractivity contribution in [3.63, 3.8) is 0 Å². The maximum absolute atomic E-state index is 10.4. The lowest BCUT2D eigenvalue weighted by Crippen LogP contribution is -2.26. The van der Waals surface area contributed by atoms with Crippen molar-refractivity contribution < 1.29 is 14.6 Å². The van der Waals surface area contributed by atoms with Gasteiger partial charge < -0.3 is 14.6 Å². The first-order valence-electron chi connectivity index (χ1n) is 11.4. The number of para-hydroxylation sites is 1. The van der Waals surface area contributed by atoms with Gasteiger partial charge >= 0.3 is 6.01 Å². The monoisotopic (exact) mass is 449 g/mol. The van der Waals surface area contributed by atoms with Crippen molar-refractivity contribution >= 4 is 21.5 Å². The minimum absolute atomic E-state index is 0.0100. The Morgan fingerprint density at radius 2 is 1.38 bits per heavy atom. The van der Waals surface area contributed by atoms with Crippen LogP contribution in [0.4, 0.5) is 0 Å². The summed E-state index contributed by atoms with van der Waals surface area (Å²) in [7, 11) is 0. The second-order valence-corrected chi connectivity index (χ2v) is 8.47. The van der Waals surface area contributed by atoms with Crippen LogP contribution < -0.4 is 4.74 Å². The third kappa shape index (κ3) is 4.04. The number of phenols is 1. The molecule has 1 aromatic heterocycles. The highest BCUT2D eigenvalue weighted by Crippen LogP contribution is 2.31. The van der Waals surface area contributed by atoms with E-state index in [9.17, 15) is 5.11 Å². The molecule has 6 nitrogen and oxygen atoms in total. The van der Waals surface area contributed by atoms with Crippen molar-refractivity contribution in [2.75, 3.05) is 13.2 Å². The minimum Gasteiger partial charge on any atom is -0.507 e. The number of hydrogen-bond acceptors (Lipinski definition) is 6. The van der Waals surface area contributed by atoms with E-state index in [0.717, 1.165) is 29.2 Å². The lowest BCUT2D eigenvalue weighted by Gasteiger charge is -2.22. The van der Waals surface area contributed by atoms with Gasteiger partial charge in [-0.1, -0.05) is 48.5 Å². The third-order valence-corrected chi connectivity index (χ3v) is 6.16. The standard InChI is InChI=1S/C28H23N3O3/c32-25-8-4-3-7-24(25)27-29-26(30-28(31-27)34-23-11-13-33-14-12-23)21-10-9-20-15-18-5-1-2-6-19(18)16-22(20)17-21/h1-10,15-17,23,32H,11-14H2. The van der Waals surface area contributed by atoms with Gasteiger partial charge in [0.25, 0.3) is 0 Å². The average Bonchev–Trinajstić information content (AvgIpc) is 2.88. The zero-order valence-corrected chi connectivity index (χ0v) is 18.5. The lowest BCUT2D eigenvalue weighted by molar-refractivity contribution is 0.0217. The molecule has 0 saturated carbocycles. The molecule has 0 aliphatic carbocycles. The van der Waals surface area contributed by atoms with E-state index in [4.69, 9.17) is 14.5 Å². The molecule has 4 aromatic carbocycles. The van der Waals surface area contributed by atoms with Gasteiger partial charge in [0.15, 0.2) is 11.6 Å². The molecule has 6 rings (SSSR count). The SMILES string of the molecule is Oc1ccccc1-c1nc(OC2CCOCC2)nc(-c2ccc3cc4ccccc4cc3c2)n1. The van der Waals surface area contributed by atoms with Crippen LogP contribution in [0.1, 0.15) is 12.8 Å².